The molecule has 2 amide bonds. The van der Waals surface area contributed by atoms with Crippen LogP contribution in [0, 0.1) is 5.92 Å². The normalized spacial score (nSPS) is 14.4. The molecule has 0 unspecified atom stereocenters. The number of benzene rings is 1. The molecule has 1 saturated heterocycles. The molecule has 7 nitrogen and oxygen atoms in total. The van der Waals surface area contributed by atoms with Gasteiger partial charge in [0.25, 0.3) is 11.8 Å². The third-order valence-electron chi connectivity index (χ3n) is 5.02. The van der Waals surface area contributed by atoms with Crippen molar-refractivity contribution >= 4 is 11.8 Å². The molecule has 1 aromatic heterocycles. The number of rotatable bonds is 6. The van der Waals surface area contributed by atoms with Gasteiger partial charge in [-0.3, -0.25) is 14.6 Å². The van der Waals surface area contributed by atoms with E-state index in [1.165, 1.54) is 0 Å². The van der Waals surface area contributed by atoms with Gasteiger partial charge in [-0.15, -0.1) is 0 Å². The average Bonchev–Trinajstić information content (AvgIpc) is 2.77. The van der Waals surface area contributed by atoms with Gasteiger partial charge in [-0.25, -0.2) is 0 Å². The molecule has 0 spiro atoms. The number of methoxy groups -OCH3 is 2. The Labute approximate surface area is 164 Å². The number of piperidine rings is 1. The SMILES string of the molecule is COc1cccc(OC)c1C(=O)N1CCC(CNC(=O)c2cccnc2)CC1. The Bertz CT molecular complexity index is 795. The Morgan fingerprint density at radius 1 is 1.11 bits per heavy atom. The molecule has 0 saturated carbocycles. The zero-order valence-corrected chi connectivity index (χ0v) is 16.2. The lowest BCUT2D eigenvalue weighted by Gasteiger charge is -2.32. The van der Waals surface area contributed by atoms with Crippen molar-refractivity contribution in [3.63, 3.8) is 0 Å². The first kappa shape index (κ1) is 19.7. The number of amides is 2. The summed E-state index contributed by atoms with van der Waals surface area (Å²) in [5, 5.41) is 2.96. The lowest BCUT2D eigenvalue weighted by Crippen LogP contribution is -2.41. The third kappa shape index (κ3) is 4.42. The van der Waals surface area contributed by atoms with Crippen LogP contribution in [0.4, 0.5) is 0 Å². The van der Waals surface area contributed by atoms with Gasteiger partial charge >= 0.3 is 0 Å². The molecule has 2 aromatic rings. The van der Waals surface area contributed by atoms with E-state index >= 15 is 0 Å². The van der Waals surface area contributed by atoms with Gasteiger partial charge < -0.3 is 19.7 Å². The second-order valence-corrected chi connectivity index (χ2v) is 6.72. The smallest absolute Gasteiger partial charge is 0.261 e. The van der Waals surface area contributed by atoms with Crippen LogP contribution in [-0.4, -0.2) is 55.6 Å². The molecule has 1 aliphatic heterocycles. The standard InChI is InChI=1S/C21H25N3O4/c1-27-17-6-3-7-18(28-2)19(17)21(26)24-11-8-15(9-12-24)13-23-20(25)16-5-4-10-22-14-16/h3-7,10,14-15H,8-9,11-13H2,1-2H3,(H,23,25). The van der Waals surface area contributed by atoms with Gasteiger partial charge in [0.15, 0.2) is 0 Å². The van der Waals surface area contributed by atoms with Gasteiger partial charge in [-0.2, -0.15) is 0 Å². The highest BCUT2D eigenvalue weighted by Crippen LogP contribution is 2.30. The second kappa shape index (κ2) is 9.21. The van der Waals surface area contributed by atoms with E-state index in [1.54, 1.807) is 56.9 Å². The molecule has 0 bridgehead atoms. The number of pyridine rings is 1. The maximum Gasteiger partial charge on any atom is 0.261 e. The molecule has 1 N–H and O–H groups in total. The number of nitrogens with zero attached hydrogens (tertiary/aromatic N) is 2. The van der Waals surface area contributed by atoms with Crippen molar-refractivity contribution in [2.24, 2.45) is 5.92 Å². The van der Waals surface area contributed by atoms with Crippen LogP contribution in [0.25, 0.3) is 0 Å². The molecule has 7 heteroatoms. The van der Waals surface area contributed by atoms with E-state index < -0.39 is 0 Å². The van der Waals surface area contributed by atoms with Crippen molar-refractivity contribution in [3.8, 4) is 11.5 Å². The molecule has 1 aliphatic rings. The lowest BCUT2D eigenvalue weighted by atomic mass is 9.96. The number of aromatic nitrogens is 1. The Morgan fingerprint density at radius 2 is 1.79 bits per heavy atom. The fraction of sp³-hybridized carbons (Fsp3) is 0.381. The lowest BCUT2D eigenvalue weighted by molar-refractivity contribution is 0.0677. The van der Waals surface area contributed by atoms with Gasteiger partial charge in [0.1, 0.15) is 17.1 Å². The zero-order chi connectivity index (χ0) is 19.9. The maximum absolute atomic E-state index is 13.0. The van der Waals surface area contributed by atoms with Crippen LogP contribution in [0.2, 0.25) is 0 Å². The number of hydrogen-bond donors (Lipinski definition) is 1. The minimum atomic E-state index is -0.120. The van der Waals surface area contributed by atoms with Crippen molar-refractivity contribution in [3.05, 3.63) is 53.9 Å². The second-order valence-electron chi connectivity index (χ2n) is 6.72. The highest BCUT2D eigenvalue weighted by molar-refractivity contribution is 5.99. The third-order valence-corrected chi connectivity index (χ3v) is 5.02. The Kier molecular flexibility index (Phi) is 6.47. The zero-order valence-electron chi connectivity index (χ0n) is 16.2. The molecule has 0 aliphatic carbocycles. The molecule has 1 aromatic carbocycles. The first-order valence-corrected chi connectivity index (χ1v) is 9.32. The summed E-state index contributed by atoms with van der Waals surface area (Å²) in [6, 6.07) is 8.80. The van der Waals surface area contributed by atoms with Crippen LogP contribution in [0.15, 0.2) is 42.7 Å². The molecule has 3 rings (SSSR count). The number of carbonyl (C=O) groups excluding carboxylic acids is 2. The highest BCUT2D eigenvalue weighted by atomic mass is 16.5. The number of ether oxygens (including phenoxy) is 2. The van der Waals surface area contributed by atoms with Crippen molar-refractivity contribution < 1.29 is 19.1 Å². The maximum atomic E-state index is 13.0. The van der Waals surface area contributed by atoms with E-state index in [2.05, 4.69) is 10.3 Å². The monoisotopic (exact) mass is 383 g/mol. The Hall–Kier alpha value is -3.09. The van der Waals surface area contributed by atoms with Crippen molar-refractivity contribution in [1.29, 1.82) is 0 Å². The number of hydrogen-bond acceptors (Lipinski definition) is 5. The Morgan fingerprint density at radius 3 is 2.36 bits per heavy atom. The first-order valence-electron chi connectivity index (χ1n) is 9.32. The highest BCUT2D eigenvalue weighted by Gasteiger charge is 2.28. The molecule has 2 heterocycles. The Balaban J connectivity index is 1.56. The van der Waals surface area contributed by atoms with E-state index in [1.807, 2.05) is 4.90 Å². The quantitative estimate of drug-likeness (QED) is 0.828. The van der Waals surface area contributed by atoms with Gasteiger partial charge in [0, 0.05) is 32.0 Å². The minimum Gasteiger partial charge on any atom is -0.496 e. The predicted molar refractivity (Wildman–Crippen MR) is 105 cm³/mol. The summed E-state index contributed by atoms with van der Waals surface area (Å²) >= 11 is 0. The summed E-state index contributed by atoms with van der Waals surface area (Å²) in [4.78, 5) is 30.9. The van der Waals surface area contributed by atoms with E-state index in [-0.39, 0.29) is 11.8 Å². The minimum absolute atomic E-state index is 0.0906. The summed E-state index contributed by atoms with van der Waals surface area (Å²) in [6.45, 7) is 1.86. The van der Waals surface area contributed by atoms with Crippen LogP contribution in [0.1, 0.15) is 33.6 Å². The van der Waals surface area contributed by atoms with Crippen LogP contribution in [0.3, 0.4) is 0 Å². The fourth-order valence-electron chi connectivity index (χ4n) is 3.40. The predicted octanol–water partition coefficient (Wildman–Crippen LogP) is 2.38. The largest absolute Gasteiger partial charge is 0.496 e. The number of nitrogens with one attached hydrogen (secondary N) is 1. The molecule has 1 fully saturated rings. The number of carbonyl (C=O) groups is 2. The molecule has 28 heavy (non-hydrogen) atoms. The van der Waals surface area contributed by atoms with Gasteiger partial charge in [0.2, 0.25) is 0 Å². The van der Waals surface area contributed by atoms with Crippen molar-refractivity contribution in [2.75, 3.05) is 33.9 Å². The van der Waals surface area contributed by atoms with Gasteiger partial charge in [-0.1, -0.05) is 6.07 Å². The van der Waals surface area contributed by atoms with E-state index in [0.717, 1.165) is 12.8 Å². The summed E-state index contributed by atoms with van der Waals surface area (Å²) in [7, 11) is 3.09. The molecule has 0 atom stereocenters. The van der Waals surface area contributed by atoms with E-state index in [4.69, 9.17) is 9.47 Å². The summed E-state index contributed by atoms with van der Waals surface area (Å²) in [5.74, 6) is 1.15. The van der Waals surface area contributed by atoms with Gasteiger partial charge in [0.05, 0.1) is 19.8 Å². The van der Waals surface area contributed by atoms with Crippen LogP contribution >= 0.6 is 0 Å². The summed E-state index contributed by atoms with van der Waals surface area (Å²) < 4.78 is 10.7. The molecule has 148 valence electrons. The average molecular weight is 383 g/mol. The van der Waals surface area contributed by atoms with Crippen molar-refractivity contribution in [1.82, 2.24) is 15.2 Å². The van der Waals surface area contributed by atoms with Crippen LogP contribution < -0.4 is 14.8 Å². The molecule has 0 radical (unpaired) electrons. The topological polar surface area (TPSA) is 80.8 Å². The van der Waals surface area contributed by atoms with Gasteiger partial charge in [-0.05, 0) is 43.0 Å². The summed E-state index contributed by atoms with van der Waals surface area (Å²) in [6.07, 6.45) is 4.85. The molecular formula is C21H25N3O4. The van der Waals surface area contributed by atoms with E-state index in [9.17, 15) is 9.59 Å². The van der Waals surface area contributed by atoms with Crippen LogP contribution in [-0.2, 0) is 0 Å². The van der Waals surface area contributed by atoms with Crippen LogP contribution in [0.5, 0.6) is 11.5 Å². The molecular weight excluding hydrogens is 358 g/mol. The van der Waals surface area contributed by atoms with Crippen molar-refractivity contribution in [2.45, 2.75) is 12.8 Å². The van der Waals surface area contributed by atoms with E-state index in [0.29, 0.717) is 48.2 Å². The fourth-order valence-corrected chi connectivity index (χ4v) is 3.40. The summed E-state index contributed by atoms with van der Waals surface area (Å²) in [5.41, 5.74) is 1.01. The number of likely N-dealkylation sites (tertiary alicyclic amines) is 1. The first-order chi connectivity index (χ1) is 13.6.